The lowest BCUT2D eigenvalue weighted by Gasteiger charge is -2.31. The molecular formula is C45H68N12O13S2. The highest BCUT2D eigenvalue weighted by Crippen LogP contribution is 2.26. The van der Waals surface area contributed by atoms with E-state index in [1.54, 1.807) is 27.7 Å². The summed E-state index contributed by atoms with van der Waals surface area (Å²) in [4.78, 5) is 162. The van der Waals surface area contributed by atoms with E-state index >= 15 is 0 Å². The first-order chi connectivity index (χ1) is 33.9. The van der Waals surface area contributed by atoms with E-state index in [-0.39, 0.29) is 49.0 Å². The number of primary amides is 3. The van der Waals surface area contributed by atoms with Crippen LogP contribution in [0.25, 0.3) is 0 Å². The third-order valence-corrected chi connectivity index (χ3v) is 14.1. The Kier molecular flexibility index (Phi) is 24.0. The number of likely N-dealkylation sites (tertiary alicyclic amines) is 1. The third-order valence-electron chi connectivity index (χ3n) is 11.6. The van der Waals surface area contributed by atoms with Crippen LogP contribution in [-0.2, 0) is 64.0 Å². The fourth-order valence-electron chi connectivity index (χ4n) is 7.68. The molecule has 25 nitrogen and oxygen atoms in total. The Balaban J connectivity index is 2.12. The number of carbonyl (C=O) groups excluding carboxylic acids is 12. The molecule has 3 rings (SSSR count). The van der Waals surface area contributed by atoms with Crippen LogP contribution in [0.2, 0.25) is 0 Å². The minimum atomic E-state index is -1.78. The number of phenols is 1. The van der Waals surface area contributed by atoms with Gasteiger partial charge in [0.05, 0.1) is 13.0 Å². The van der Waals surface area contributed by atoms with Crippen molar-refractivity contribution in [3.63, 3.8) is 0 Å². The van der Waals surface area contributed by atoms with Crippen LogP contribution in [0.15, 0.2) is 24.3 Å². The van der Waals surface area contributed by atoms with E-state index in [4.69, 9.17) is 17.2 Å². The van der Waals surface area contributed by atoms with Gasteiger partial charge in [0.25, 0.3) is 0 Å². The SMILES string of the molecule is CC[C@H](C)[C@@H]1NC(=O)[C@H](Cc2ccc(O)cc2)NC(=O)[C@@H](NC(C)=O)CSSC[C@H](C(=O)N2CCC[C@H]2C(=O)N[C@@H](CC(C)C)C(=O)NCC(N)=O)NC(=O)[C@H](CC(N)=O)NC(=O)[C@H](CCC(N)=O)NC1=O. The van der Waals surface area contributed by atoms with Crippen molar-refractivity contribution in [2.24, 2.45) is 29.0 Å². The zero-order valence-corrected chi connectivity index (χ0v) is 42.5. The minimum absolute atomic E-state index is 0.0216. The topological polar surface area (TPSA) is 403 Å². The summed E-state index contributed by atoms with van der Waals surface area (Å²) in [5.74, 6) is -11.5. The Labute approximate surface area is 424 Å². The molecule has 27 heteroatoms. The first kappa shape index (κ1) is 59.7. The second kappa shape index (κ2) is 29.0. The number of rotatable bonds is 18. The Morgan fingerprint density at radius 2 is 1.39 bits per heavy atom. The molecule has 0 aromatic heterocycles. The Morgan fingerprint density at radius 3 is 1.99 bits per heavy atom. The molecule has 1 aromatic carbocycles. The number of aromatic hydroxyl groups is 1. The van der Waals surface area contributed by atoms with Crippen LogP contribution in [0.3, 0.4) is 0 Å². The number of hydrogen-bond acceptors (Lipinski definition) is 15. The lowest BCUT2D eigenvalue weighted by molar-refractivity contribution is -0.142. The van der Waals surface area contributed by atoms with Gasteiger partial charge >= 0.3 is 0 Å². The summed E-state index contributed by atoms with van der Waals surface area (Å²) in [5, 5.41) is 30.3. The van der Waals surface area contributed by atoms with E-state index in [0.29, 0.717) is 18.4 Å². The van der Waals surface area contributed by atoms with Crippen LogP contribution >= 0.6 is 21.6 Å². The molecule has 72 heavy (non-hydrogen) atoms. The van der Waals surface area contributed by atoms with Gasteiger partial charge in [0.2, 0.25) is 70.9 Å². The number of nitrogens with one attached hydrogen (secondary N) is 8. The summed E-state index contributed by atoms with van der Waals surface area (Å²) >= 11 is 0. The molecule has 0 unspecified atom stereocenters. The first-order valence-corrected chi connectivity index (χ1v) is 25.9. The zero-order valence-electron chi connectivity index (χ0n) is 40.9. The van der Waals surface area contributed by atoms with Crippen LogP contribution in [-0.4, -0.2) is 154 Å². The van der Waals surface area contributed by atoms with Gasteiger partial charge in [0, 0.05) is 37.8 Å². The summed E-state index contributed by atoms with van der Waals surface area (Å²) < 4.78 is 0. The normalized spacial score (nSPS) is 23.7. The van der Waals surface area contributed by atoms with Gasteiger partial charge in [-0.3, -0.25) is 57.5 Å². The minimum Gasteiger partial charge on any atom is -0.508 e. The van der Waals surface area contributed by atoms with Gasteiger partial charge < -0.3 is 69.7 Å². The highest BCUT2D eigenvalue weighted by molar-refractivity contribution is 8.76. The first-order valence-electron chi connectivity index (χ1n) is 23.4. The summed E-state index contributed by atoms with van der Waals surface area (Å²) in [6.07, 6.45) is -0.906. The number of benzene rings is 1. The second-order valence-electron chi connectivity index (χ2n) is 18.0. The van der Waals surface area contributed by atoms with Crippen molar-refractivity contribution >= 4 is 92.5 Å². The molecule has 2 heterocycles. The van der Waals surface area contributed by atoms with Crippen LogP contribution in [0, 0.1) is 11.8 Å². The van der Waals surface area contributed by atoms with Crippen molar-refractivity contribution < 1.29 is 62.6 Å². The smallest absolute Gasteiger partial charge is 0.246 e. The van der Waals surface area contributed by atoms with Gasteiger partial charge in [-0.1, -0.05) is 67.8 Å². The van der Waals surface area contributed by atoms with Gasteiger partial charge in [-0.25, -0.2) is 0 Å². The average Bonchev–Trinajstić information content (AvgIpc) is 3.81. The van der Waals surface area contributed by atoms with Crippen molar-refractivity contribution in [2.75, 3.05) is 24.6 Å². The molecule has 15 N–H and O–H groups in total. The Bertz CT molecular complexity index is 2170. The fourth-order valence-corrected chi connectivity index (χ4v) is 10.0. The van der Waals surface area contributed by atoms with Gasteiger partial charge in [-0.15, -0.1) is 0 Å². The van der Waals surface area contributed by atoms with Crippen LogP contribution in [0.1, 0.15) is 85.1 Å². The lowest BCUT2D eigenvalue weighted by atomic mass is 9.96. The quantitative estimate of drug-likeness (QED) is 0.0637. The molecule has 2 fully saturated rings. The summed E-state index contributed by atoms with van der Waals surface area (Å²) in [5.41, 5.74) is 16.6. The molecular weight excluding hydrogens is 981 g/mol. The number of phenolic OH excluding ortho intramolecular Hbond substituents is 1. The van der Waals surface area contributed by atoms with Crippen molar-refractivity contribution in [1.82, 2.24) is 47.4 Å². The summed E-state index contributed by atoms with van der Waals surface area (Å²) in [7, 11) is 1.95. The number of hydrogen-bond donors (Lipinski definition) is 12. The number of nitrogens with zero attached hydrogens (tertiary/aromatic N) is 1. The number of nitrogens with two attached hydrogens (primary N) is 3. The van der Waals surface area contributed by atoms with Gasteiger partial charge in [0.15, 0.2) is 0 Å². The van der Waals surface area contributed by atoms with E-state index in [0.717, 1.165) is 21.6 Å². The molecule has 2 aliphatic rings. The molecule has 2 saturated heterocycles. The third kappa shape index (κ3) is 19.5. The lowest BCUT2D eigenvalue weighted by Crippen LogP contribution is -2.62. The number of carbonyl (C=O) groups is 12. The van der Waals surface area contributed by atoms with Crippen molar-refractivity contribution in [3.8, 4) is 5.75 Å². The largest absolute Gasteiger partial charge is 0.508 e. The molecule has 2 aliphatic heterocycles. The van der Waals surface area contributed by atoms with E-state index in [2.05, 4.69) is 42.5 Å². The van der Waals surface area contributed by atoms with Crippen molar-refractivity contribution in [2.45, 2.75) is 134 Å². The van der Waals surface area contributed by atoms with Crippen molar-refractivity contribution in [1.29, 1.82) is 0 Å². The molecule has 0 radical (unpaired) electrons. The van der Waals surface area contributed by atoms with E-state index < -0.39 is 151 Å². The molecule has 398 valence electrons. The van der Waals surface area contributed by atoms with Gasteiger partial charge in [-0.05, 0) is 55.2 Å². The molecule has 0 bridgehead atoms. The predicted octanol–water partition coefficient (Wildman–Crippen LogP) is -3.43. The predicted molar refractivity (Wildman–Crippen MR) is 264 cm³/mol. The van der Waals surface area contributed by atoms with Gasteiger partial charge in [-0.2, -0.15) is 0 Å². The standard InChI is InChI=1S/C45H68N12O13S2/c1-6-23(4)37-44(69)51-27(13-14-34(46)60)39(64)53-30(18-35(47)61)40(65)55-32(45(70)57-15-7-8-33(57)43(68)54-28(16-22(2)3)38(63)49-19-36(48)62)21-72-71-20-31(50-24(5)58)42(67)52-29(41(66)56-37)17-25-9-11-26(59)12-10-25/h9-12,22-23,27-33,37,59H,6-8,13-21H2,1-5H3,(H2,46,60)(H2,47,61)(H2,48,62)(H,49,63)(H,50,58)(H,51,69)(H,52,67)(H,53,64)(H,54,68)(H,55,65)(H,56,66)/t23-,27-,28-,29-,30-,31-,32+,33-,37-/m0/s1. The van der Waals surface area contributed by atoms with E-state index in [1.807, 2.05) is 0 Å². The second-order valence-corrected chi connectivity index (χ2v) is 20.6. The maximum absolute atomic E-state index is 14.6. The number of amides is 12. The molecule has 0 aliphatic carbocycles. The molecule has 1 aromatic rings. The van der Waals surface area contributed by atoms with Crippen molar-refractivity contribution in [3.05, 3.63) is 29.8 Å². The summed E-state index contributed by atoms with van der Waals surface area (Å²) in [6.45, 7) is 7.68. The summed E-state index contributed by atoms with van der Waals surface area (Å²) in [6, 6.07) is -5.48. The van der Waals surface area contributed by atoms with Crippen LogP contribution in [0.5, 0.6) is 5.75 Å². The molecule has 9 atom stereocenters. The molecule has 0 saturated carbocycles. The molecule has 0 spiro atoms. The molecule has 12 amide bonds. The Morgan fingerprint density at radius 1 is 0.778 bits per heavy atom. The maximum Gasteiger partial charge on any atom is 0.246 e. The van der Waals surface area contributed by atoms with E-state index in [9.17, 15) is 62.6 Å². The van der Waals surface area contributed by atoms with Crippen LogP contribution < -0.4 is 59.7 Å². The monoisotopic (exact) mass is 1050 g/mol. The highest BCUT2D eigenvalue weighted by Gasteiger charge is 2.41. The van der Waals surface area contributed by atoms with E-state index in [1.165, 1.54) is 36.1 Å². The van der Waals surface area contributed by atoms with Gasteiger partial charge in [0.1, 0.15) is 54.1 Å². The zero-order chi connectivity index (χ0) is 53.8. The Hall–Kier alpha value is -6.64. The fraction of sp³-hybridized carbons (Fsp3) is 0.600. The average molecular weight is 1050 g/mol. The highest BCUT2D eigenvalue weighted by atomic mass is 33.1. The maximum atomic E-state index is 14.6. The van der Waals surface area contributed by atoms with Crippen LogP contribution in [0.4, 0.5) is 0 Å².